The Morgan fingerprint density at radius 2 is 1.82 bits per heavy atom. The van der Waals surface area contributed by atoms with Crippen LogP contribution in [0.25, 0.3) is 16.9 Å². The molecule has 0 bridgehead atoms. The van der Waals surface area contributed by atoms with E-state index in [1.807, 2.05) is 53.1 Å². The molecule has 4 rings (SSSR count). The van der Waals surface area contributed by atoms with Crippen LogP contribution in [0.3, 0.4) is 0 Å². The Hall–Kier alpha value is -3.67. The van der Waals surface area contributed by atoms with Gasteiger partial charge in [-0.05, 0) is 41.8 Å². The maximum Gasteiger partial charge on any atom is 0.220 e. The van der Waals surface area contributed by atoms with E-state index in [9.17, 15) is 9.90 Å². The number of pyridine rings is 1. The summed E-state index contributed by atoms with van der Waals surface area (Å²) in [7, 11) is 0. The lowest BCUT2D eigenvalue weighted by molar-refractivity contribution is -0.121. The van der Waals surface area contributed by atoms with Crippen LogP contribution in [0.4, 0.5) is 0 Å². The number of hydrogen-bond donors (Lipinski definition) is 2. The van der Waals surface area contributed by atoms with Crippen molar-refractivity contribution in [1.29, 1.82) is 0 Å². The maximum absolute atomic E-state index is 12.1. The number of benzene rings is 2. The zero-order valence-corrected chi connectivity index (χ0v) is 15.2. The second-order valence-corrected chi connectivity index (χ2v) is 6.53. The van der Waals surface area contributed by atoms with Gasteiger partial charge in [0.05, 0.1) is 11.0 Å². The van der Waals surface area contributed by atoms with Crippen LogP contribution in [0.2, 0.25) is 0 Å². The molecule has 0 atom stereocenters. The van der Waals surface area contributed by atoms with Gasteiger partial charge in [0, 0.05) is 19.2 Å². The Balaban J connectivity index is 1.34. The molecule has 0 aliphatic heterocycles. The summed E-state index contributed by atoms with van der Waals surface area (Å²) in [5, 5.41) is 12.6. The van der Waals surface area contributed by atoms with E-state index >= 15 is 0 Å². The molecule has 6 nitrogen and oxygen atoms in total. The van der Waals surface area contributed by atoms with Crippen molar-refractivity contribution in [2.75, 3.05) is 0 Å². The molecule has 140 valence electrons. The number of hydrogen-bond acceptors (Lipinski definition) is 4. The number of aromatic hydroxyl groups is 1. The van der Waals surface area contributed by atoms with Crippen molar-refractivity contribution in [3.05, 3.63) is 84.3 Å². The van der Waals surface area contributed by atoms with Crippen molar-refractivity contribution in [1.82, 2.24) is 19.9 Å². The zero-order valence-electron chi connectivity index (χ0n) is 15.2. The normalized spacial score (nSPS) is 10.9. The number of phenols is 1. The SMILES string of the molecule is O=C(CCc1ccccc1O)NCc1ccc(-n2cnc3ccccc32)nc1. The smallest absolute Gasteiger partial charge is 0.220 e. The number of aryl methyl sites for hydroxylation is 1. The van der Waals surface area contributed by atoms with Gasteiger partial charge in [-0.3, -0.25) is 9.36 Å². The molecule has 0 aliphatic carbocycles. The fourth-order valence-electron chi connectivity index (χ4n) is 3.06. The first-order valence-corrected chi connectivity index (χ1v) is 9.12. The summed E-state index contributed by atoms with van der Waals surface area (Å²) >= 11 is 0. The number of carbonyl (C=O) groups excluding carboxylic acids is 1. The van der Waals surface area contributed by atoms with Gasteiger partial charge in [0.1, 0.15) is 17.9 Å². The second kappa shape index (κ2) is 7.92. The first-order valence-electron chi connectivity index (χ1n) is 9.12. The fourth-order valence-corrected chi connectivity index (χ4v) is 3.06. The summed E-state index contributed by atoms with van der Waals surface area (Å²) in [5.41, 5.74) is 3.62. The highest BCUT2D eigenvalue weighted by atomic mass is 16.3. The van der Waals surface area contributed by atoms with Gasteiger partial charge < -0.3 is 10.4 Å². The Morgan fingerprint density at radius 3 is 2.64 bits per heavy atom. The van der Waals surface area contributed by atoms with Gasteiger partial charge in [0.2, 0.25) is 5.91 Å². The molecule has 0 radical (unpaired) electrons. The van der Waals surface area contributed by atoms with Gasteiger partial charge in [-0.2, -0.15) is 0 Å². The number of aromatic nitrogens is 3. The molecule has 2 heterocycles. The Bertz CT molecular complexity index is 1100. The van der Waals surface area contributed by atoms with Gasteiger partial charge >= 0.3 is 0 Å². The van der Waals surface area contributed by atoms with Gasteiger partial charge in [0.25, 0.3) is 0 Å². The minimum Gasteiger partial charge on any atom is -0.508 e. The number of nitrogens with one attached hydrogen (secondary N) is 1. The quantitative estimate of drug-likeness (QED) is 0.544. The van der Waals surface area contributed by atoms with Crippen LogP contribution in [-0.4, -0.2) is 25.5 Å². The van der Waals surface area contributed by atoms with Crippen LogP contribution < -0.4 is 5.32 Å². The molecule has 0 fully saturated rings. The lowest BCUT2D eigenvalue weighted by Gasteiger charge is -2.08. The minimum atomic E-state index is -0.0621. The van der Waals surface area contributed by atoms with E-state index in [1.165, 1.54) is 0 Å². The summed E-state index contributed by atoms with van der Waals surface area (Å²) in [5.74, 6) is 0.943. The van der Waals surface area contributed by atoms with Gasteiger partial charge in [-0.25, -0.2) is 9.97 Å². The summed E-state index contributed by atoms with van der Waals surface area (Å²) in [6.45, 7) is 0.414. The highest BCUT2D eigenvalue weighted by Crippen LogP contribution is 2.18. The van der Waals surface area contributed by atoms with Crippen LogP contribution in [0.1, 0.15) is 17.5 Å². The number of amides is 1. The van der Waals surface area contributed by atoms with E-state index in [0.29, 0.717) is 19.4 Å². The predicted octanol–water partition coefficient (Wildman–Crippen LogP) is 3.38. The maximum atomic E-state index is 12.1. The van der Waals surface area contributed by atoms with E-state index in [0.717, 1.165) is 28.0 Å². The number of fused-ring (bicyclic) bond motifs is 1. The molecule has 0 saturated carbocycles. The van der Waals surface area contributed by atoms with Crippen molar-refractivity contribution in [2.24, 2.45) is 0 Å². The number of nitrogens with zero attached hydrogens (tertiary/aromatic N) is 3. The van der Waals surface area contributed by atoms with Crippen LogP contribution in [0.15, 0.2) is 73.2 Å². The average molecular weight is 372 g/mol. The molecule has 0 unspecified atom stereocenters. The molecule has 0 spiro atoms. The first kappa shape index (κ1) is 17.7. The lowest BCUT2D eigenvalue weighted by atomic mass is 10.1. The molecule has 2 aromatic heterocycles. The standard InChI is InChI=1S/C22H20N4O2/c27-20-8-4-1-5-17(20)10-12-22(28)24-14-16-9-11-21(23-13-16)26-15-25-18-6-2-3-7-19(18)26/h1-9,11,13,15,27H,10,12,14H2,(H,24,28). The summed E-state index contributed by atoms with van der Waals surface area (Å²) < 4.78 is 1.93. The second-order valence-electron chi connectivity index (χ2n) is 6.53. The molecule has 2 N–H and O–H groups in total. The topological polar surface area (TPSA) is 80.0 Å². The van der Waals surface area contributed by atoms with Gasteiger partial charge in [0.15, 0.2) is 0 Å². The van der Waals surface area contributed by atoms with E-state index < -0.39 is 0 Å². The lowest BCUT2D eigenvalue weighted by Crippen LogP contribution is -2.23. The highest BCUT2D eigenvalue weighted by Gasteiger charge is 2.07. The van der Waals surface area contributed by atoms with E-state index in [1.54, 1.807) is 24.7 Å². The van der Waals surface area contributed by atoms with E-state index in [-0.39, 0.29) is 11.7 Å². The van der Waals surface area contributed by atoms with Crippen molar-refractivity contribution in [3.63, 3.8) is 0 Å². The summed E-state index contributed by atoms with van der Waals surface area (Å²) in [6, 6.07) is 18.8. The Kier molecular flexibility index (Phi) is 5.01. The molecule has 0 aliphatic rings. The van der Waals surface area contributed by atoms with Crippen LogP contribution >= 0.6 is 0 Å². The number of para-hydroxylation sites is 3. The molecule has 0 saturated heterocycles. The number of phenolic OH excluding ortho intramolecular Hbond substituents is 1. The van der Waals surface area contributed by atoms with E-state index in [4.69, 9.17) is 0 Å². The third kappa shape index (κ3) is 3.86. The van der Waals surface area contributed by atoms with Crippen LogP contribution in [-0.2, 0) is 17.8 Å². The molecule has 28 heavy (non-hydrogen) atoms. The third-order valence-corrected chi connectivity index (χ3v) is 4.61. The van der Waals surface area contributed by atoms with Crippen molar-refractivity contribution < 1.29 is 9.90 Å². The zero-order chi connectivity index (χ0) is 19.3. The molecule has 2 aromatic carbocycles. The summed E-state index contributed by atoms with van der Waals surface area (Å²) in [6.07, 6.45) is 4.34. The first-order chi connectivity index (χ1) is 13.7. The van der Waals surface area contributed by atoms with Gasteiger partial charge in [-0.15, -0.1) is 0 Å². The van der Waals surface area contributed by atoms with Crippen molar-refractivity contribution in [2.45, 2.75) is 19.4 Å². The van der Waals surface area contributed by atoms with E-state index in [2.05, 4.69) is 15.3 Å². The minimum absolute atomic E-state index is 0.0621. The van der Waals surface area contributed by atoms with Crippen LogP contribution in [0.5, 0.6) is 5.75 Å². The molecule has 4 aromatic rings. The van der Waals surface area contributed by atoms with Crippen LogP contribution in [0, 0.1) is 0 Å². The Morgan fingerprint density at radius 1 is 1.00 bits per heavy atom. The van der Waals surface area contributed by atoms with Crippen molar-refractivity contribution in [3.8, 4) is 11.6 Å². The van der Waals surface area contributed by atoms with Crippen molar-refractivity contribution >= 4 is 16.9 Å². The number of imidazole rings is 1. The highest BCUT2D eigenvalue weighted by molar-refractivity contribution is 5.77. The fraction of sp³-hybridized carbons (Fsp3) is 0.136. The van der Waals surface area contributed by atoms with Gasteiger partial charge in [-0.1, -0.05) is 36.4 Å². The Labute approximate surface area is 162 Å². The number of carbonyl (C=O) groups is 1. The molecule has 6 heteroatoms. The largest absolute Gasteiger partial charge is 0.508 e. The number of rotatable bonds is 6. The average Bonchev–Trinajstić information content (AvgIpc) is 3.16. The molecular formula is C22H20N4O2. The predicted molar refractivity (Wildman–Crippen MR) is 107 cm³/mol. The third-order valence-electron chi connectivity index (χ3n) is 4.61. The molecular weight excluding hydrogens is 352 g/mol. The monoisotopic (exact) mass is 372 g/mol. The summed E-state index contributed by atoms with van der Waals surface area (Å²) in [4.78, 5) is 20.9. The molecule has 1 amide bonds.